The highest BCUT2D eigenvalue weighted by atomic mass is 32.2. The van der Waals surface area contributed by atoms with E-state index in [4.69, 9.17) is 10.2 Å². The molecule has 0 bridgehead atoms. The first-order chi connectivity index (χ1) is 9.27. The van der Waals surface area contributed by atoms with Crippen molar-refractivity contribution in [3.8, 4) is 0 Å². The van der Waals surface area contributed by atoms with Crippen molar-refractivity contribution in [2.75, 3.05) is 19.7 Å². The third-order valence-electron chi connectivity index (χ3n) is 3.42. The molecule has 0 aliphatic carbocycles. The molecular formula is C12H18N2O5S. The van der Waals surface area contributed by atoms with Crippen LogP contribution in [0.2, 0.25) is 0 Å². The van der Waals surface area contributed by atoms with Gasteiger partial charge in [-0.05, 0) is 19.9 Å². The summed E-state index contributed by atoms with van der Waals surface area (Å²) in [7, 11) is -3.68. The third-order valence-corrected chi connectivity index (χ3v) is 5.22. The Hall–Kier alpha value is -1.38. The lowest BCUT2D eigenvalue weighted by molar-refractivity contribution is 0.0683. The SMILES string of the molecule is CC(C)n1cc(S(=O)(=O)N2CC(CO)C2)cc1C(=O)O. The van der Waals surface area contributed by atoms with E-state index < -0.39 is 16.0 Å². The molecule has 0 atom stereocenters. The number of carboxylic acids is 1. The van der Waals surface area contributed by atoms with E-state index in [9.17, 15) is 13.2 Å². The number of aliphatic hydroxyl groups is 1. The van der Waals surface area contributed by atoms with Crippen molar-refractivity contribution in [2.24, 2.45) is 5.92 Å². The van der Waals surface area contributed by atoms with Gasteiger partial charge in [0.2, 0.25) is 10.0 Å². The molecule has 0 saturated carbocycles. The first-order valence-electron chi connectivity index (χ1n) is 6.33. The summed E-state index contributed by atoms with van der Waals surface area (Å²) in [5.41, 5.74) is -0.0437. The van der Waals surface area contributed by atoms with Gasteiger partial charge in [0.25, 0.3) is 0 Å². The van der Waals surface area contributed by atoms with Gasteiger partial charge in [0.15, 0.2) is 0 Å². The first kappa shape index (κ1) is 15.0. The van der Waals surface area contributed by atoms with Crippen molar-refractivity contribution in [3.63, 3.8) is 0 Å². The lowest BCUT2D eigenvalue weighted by Gasteiger charge is -2.36. The van der Waals surface area contributed by atoms with E-state index >= 15 is 0 Å². The number of carbonyl (C=O) groups is 1. The van der Waals surface area contributed by atoms with E-state index in [1.807, 2.05) is 0 Å². The minimum atomic E-state index is -3.68. The fourth-order valence-corrected chi connectivity index (χ4v) is 3.80. The highest BCUT2D eigenvalue weighted by Gasteiger charge is 2.37. The summed E-state index contributed by atoms with van der Waals surface area (Å²) in [5.74, 6) is -1.19. The van der Waals surface area contributed by atoms with Crippen molar-refractivity contribution in [2.45, 2.75) is 24.8 Å². The van der Waals surface area contributed by atoms with Gasteiger partial charge in [0.05, 0.1) is 0 Å². The maximum absolute atomic E-state index is 12.3. The summed E-state index contributed by atoms with van der Waals surface area (Å²) in [5, 5.41) is 18.1. The summed E-state index contributed by atoms with van der Waals surface area (Å²) in [6.45, 7) is 4.07. The minimum absolute atomic E-state index is 0.0139. The predicted molar refractivity (Wildman–Crippen MR) is 71.1 cm³/mol. The molecule has 1 saturated heterocycles. The zero-order valence-electron chi connectivity index (χ0n) is 11.4. The van der Waals surface area contributed by atoms with Crippen LogP contribution in [-0.4, -0.2) is 53.2 Å². The normalized spacial score (nSPS) is 17.4. The zero-order valence-corrected chi connectivity index (χ0v) is 12.2. The number of sulfonamides is 1. The van der Waals surface area contributed by atoms with Gasteiger partial charge < -0.3 is 14.8 Å². The van der Waals surface area contributed by atoms with Crippen LogP contribution in [-0.2, 0) is 10.0 Å². The molecule has 7 nitrogen and oxygen atoms in total. The minimum Gasteiger partial charge on any atom is -0.477 e. The molecule has 2 N–H and O–H groups in total. The Morgan fingerprint density at radius 3 is 2.45 bits per heavy atom. The molecule has 1 fully saturated rings. The third kappa shape index (κ3) is 2.46. The molecule has 112 valence electrons. The Balaban J connectivity index is 2.34. The molecule has 2 rings (SSSR count). The molecule has 8 heteroatoms. The van der Waals surface area contributed by atoms with Gasteiger partial charge in [-0.15, -0.1) is 0 Å². The molecule has 0 spiro atoms. The van der Waals surface area contributed by atoms with E-state index in [1.165, 1.54) is 21.1 Å². The highest BCUT2D eigenvalue weighted by molar-refractivity contribution is 7.89. The average Bonchev–Trinajstić information content (AvgIpc) is 2.72. The first-order valence-corrected chi connectivity index (χ1v) is 7.77. The number of aromatic carboxylic acids is 1. The maximum Gasteiger partial charge on any atom is 0.352 e. The predicted octanol–water partition coefficient (Wildman–Crippen LogP) is 0.380. The molecule has 2 heterocycles. The molecule has 1 aromatic heterocycles. The van der Waals surface area contributed by atoms with E-state index in [0.717, 1.165) is 0 Å². The van der Waals surface area contributed by atoms with Crippen molar-refractivity contribution < 1.29 is 23.4 Å². The van der Waals surface area contributed by atoms with E-state index in [1.54, 1.807) is 13.8 Å². The number of aliphatic hydroxyl groups excluding tert-OH is 1. The average molecular weight is 302 g/mol. The van der Waals surface area contributed by atoms with Gasteiger partial charge in [0.1, 0.15) is 10.6 Å². The smallest absolute Gasteiger partial charge is 0.352 e. The number of hydrogen-bond acceptors (Lipinski definition) is 4. The van der Waals surface area contributed by atoms with Crippen LogP contribution < -0.4 is 0 Å². The number of hydrogen-bond donors (Lipinski definition) is 2. The Bertz CT molecular complexity index is 614. The van der Waals surface area contributed by atoms with Crippen molar-refractivity contribution in [1.82, 2.24) is 8.87 Å². The molecule has 0 unspecified atom stereocenters. The maximum atomic E-state index is 12.3. The summed E-state index contributed by atoms with van der Waals surface area (Å²) in [6, 6.07) is 1.04. The second-order valence-corrected chi connectivity index (χ2v) is 7.18. The van der Waals surface area contributed by atoms with Gasteiger partial charge in [-0.25, -0.2) is 13.2 Å². The summed E-state index contributed by atoms with van der Waals surface area (Å²) >= 11 is 0. The molecule has 1 aromatic rings. The second kappa shape index (κ2) is 5.19. The van der Waals surface area contributed by atoms with Crippen LogP contribution in [0.3, 0.4) is 0 Å². The Morgan fingerprint density at radius 2 is 2.05 bits per heavy atom. The molecule has 0 aromatic carbocycles. The van der Waals surface area contributed by atoms with Gasteiger partial charge in [-0.3, -0.25) is 0 Å². The van der Waals surface area contributed by atoms with E-state index in [0.29, 0.717) is 0 Å². The summed E-state index contributed by atoms with van der Waals surface area (Å²) in [4.78, 5) is 11.1. The molecule has 20 heavy (non-hydrogen) atoms. The topological polar surface area (TPSA) is 99.8 Å². The van der Waals surface area contributed by atoms with Crippen molar-refractivity contribution >= 4 is 16.0 Å². The fraction of sp³-hybridized carbons (Fsp3) is 0.583. The standard InChI is InChI=1S/C12H18N2O5S/c1-8(2)14-6-10(3-11(14)12(16)17)20(18,19)13-4-9(5-13)7-15/h3,6,8-9,15H,4-5,7H2,1-2H3,(H,16,17). The van der Waals surface area contributed by atoms with E-state index in [-0.39, 0.29) is 42.2 Å². The molecular weight excluding hydrogens is 284 g/mol. The Morgan fingerprint density at radius 1 is 1.45 bits per heavy atom. The van der Waals surface area contributed by atoms with Crippen LogP contribution in [0, 0.1) is 5.92 Å². The lowest BCUT2D eigenvalue weighted by atomic mass is 10.1. The van der Waals surface area contributed by atoms with Crippen molar-refractivity contribution in [1.29, 1.82) is 0 Å². The van der Waals surface area contributed by atoms with E-state index in [2.05, 4.69) is 0 Å². The van der Waals surface area contributed by atoms with Gasteiger partial charge in [0, 0.05) is 37.9 Å². The van der Waals surface area contributed by atoms with Crippen molar-refractivity contribution in [3.05, 3.63) is 18.0 Å². The number of rotatable bonds is 5. The van der Waals surface area contributed by atoms with Gasteiger partial charge >= 0.3 is 5.97 Å². The van der Waals surface area contributed by atoms with Gasteiger partial charge in [-0.2, -0.15) is 4.31 Å². The Kier molecular flexibility index (Phi) is 3.90. The summed E-state index contributed by atoms with van der Waals surface area (Å²) < 4.78 is 27.3. The number of nitrogens with zero attached hydrogens (tertiary/aromatic N) is 2. The number of carboxylic acid groups (broad SMARTS) is 1. The zero-order chi connectivity index (χ0) is 15.1. The molecule has 0 radical (unpaired) electrons. The van der Waals surface area contributed by atoms with Gasteiger partial charge in [-0.1, -0.05) is 0 Å². The second-order valence-electron chi connectivity index (χ2n) is 5.24. The summed E-state index contributed by atoms with van der Waals surface area (Å²) in [6.07, 6.45) is 1.36. The molecule has 1 aliphatic heterocycles. The quantitative estimate of drug-likeness (QED) is 0.819. The largest absolute Gasteiger partial charge is 0.477 e. The van der Waals surface area contributed by atoms with Crippen LogP contribution in [0.15, 0.2) is 17.2 Å². The Labute approximate surface area is 117 Å². The number of aromatic nitrogens is 1. The van der Waals surface area contributed by atoms with Crippen LogP contribution >= 0.6 is 0 Å². The van der Waals surface area contributed by atoms with Crippen LogP contribution in [0.25, 0.3) is 0 Å². The van der Waals surface area contributed by atoms with Crippen LogP contribution in [0.4, 0.5) is 0 Å². The fourth-order valence-electron chi connectivity index (χ4n) is 2.18. The highest BCUT2D eigenvalue weighted by Crippen LogP contribution is 2.27. The monoisotopic (exact) mass is 302 g/mol. The van der Waals surface area contributed by atoms with Crippen LogP contribution in [0.1, 0.15) is 30.4 Å². The molecule has 1 aliphatic rings. The molecule has 0 amide bonds. The lowest BCUT2D eigenvalue weighted by Crippen LogP contribution is -2.51. The van der Waals surface area contributed by atoms with Crippen LogP contribution in [0.5, 0.6) is 0 Å².